The number of rotatable bonds is 1. The summed E-state index contributed by atoms with van der Waals surface area (Å²) in [5.74, 6) is 0. The summed E-state index contributed by atoms with van der Waals surface area (Å²) in [5.41, 5.74) is 0.549. The van der Waals surface area contributed by atoms with Crippen molar-refractivity contribution in [2.45, 2.75) is 6.18 Å². The first-order chi connectivity index (χ1) is 7.98. The highest BCUT2D eigenvalue weighted by Crippen LogP contribution is 2.37. The number of hydrogen-bond acceptors (Lipinski definition) is 1. The van der Waals surface area contributed by atoms with Gasteiger partial charge < -0.3 is 0 Å². The molecule has 0 saturated heterocycles. The topological polar surface area (TPSA) is 12.9 Å². The predicted octanol–water partition coefficient (Wildman–Crippen LogP) is 4.53. The lowest BCUT2D eigenvalue weighted by Gasteiger charge is -2.11. The molecule has 0 spiro atoms. The first-order valence-electron chi connectivity index (χ1n) is 4.75. The average molecular weight is 302 g/mol. The molecule has 0 bridgehead atoms. The van der Waals surface area contributed by atoms with Crippen molar-refractivity contribution in [3.63, 3.8) is 0 Å². The van der Waals surface area contributed by atoms with Gasteiger partial charge in [-0.3, -0.25) is 4.98 Å². The van der Waals surface area contributed by atoms with E-state index in [0.29, 0.717) is 11.1 Å². The Morgan fingerprint density at radius 3 is 2.18 bits per heavy atom. The maximum absolute atomic E-state index is 12.7. The average Bonchev–Trinajstić information content (AvgIpc) is 2.29. The Morgan fingerprint density at radius 1 is 0.941 bits per heavy atom. The Morgan fingerprint density at radius 2 is 1.59 bits per heavy atom. The van der Waals surface area contributed by atoms with E-state index in [0.717, 1.165) is 6.07 Å². The third kappa shape index (κ3) is 2.66. The van der Waals surface area contributed by atoms with Crippen LogP contribution in [0, 0.1) is 0 Å². The second kappa shape index (κ2) is 4.49. The van der Waals surface area contributed by atoms with Crippen LogP contribution >= 0.6 is 15.9 Å². The van der Waals surface area contributed by atoms with Crippen LogP contribution in [0.15, 0.2) is 47.2 Å². The van der Waals surface area contributed by atoms with E-state index in [4.69, 9.17) is 0 Å². The molecule has 0 atom stereocenters. The van der Waals surface area contributed by atoms with Crippen molar-refractivity contribution < 1.29 is 13.2 Å². The molecule has 2 rings (SSSR count). The highest BCUT2D eigenvalue weighted by atomic mass is 79.9. The molecule has 0 radical (unpaired) electrons. The summed E-state index contributed by atoms with van der Waals surface area (Å²) < 4.78 is 38.2. The lowest BCUT2D eigenvalue weighted by molar-refractivity contribution is -0.138. The van der Waals surface area contributed by atoms with E-state index in [1.807, 2.05) is 0 Å². The molecule has 0 amide bonds. The number of hydrogen-bond donors (Lipinski definition) is 0. The maximum atomic E-state index is 12.7. The fourth-order valence-electron chi connectivity index (χ4n) is 1.47. The largest absolute Gasteiger partial charge is 0.417 e. The van der Waals surface area contributed by atoms with E-state index < -0.39 is 11.7 Å². The fraction of sp³-hybridized carbons (Fsp3) is 0.0833. The SMILES string of the molecule is FC(F)(F)c1cc(-c2ccncc2)ccc1Br. The zero-order chi connectivity index (χ0) is 12.5. The van der Waals surface area contributed by atoms with Gasteiger partial charge in [-0.25, -0.2) is 0 Å². The summed E-state index contributed by atoms with van der Waals surface area (Å²) >= 11 is 2.91. The summed E-state index contributed by atoms with van der Waals surface area (Å²) in [4.78, 5) is 3.83. The Labute approximate surface area is 104 Å². The summed E-state index contributed by atoms with van der Waals surface area (Å²) in [5, 5.41) is 0. The molecular weight excluding hydrogens is 295 g/mol. The van der Waals surface area contributed by atoms with Gasteiger partial charge in [-0.05, 0) is 35.4 Å². The van der Waals surface area contributed by atoms with Gasteiger partial charge in [0.1, 0.15) is 0 Å². The lowest BCUT2D eigenvalue weighted by Crippen LogP contribution is -2.06. The normalized spacial score (nSPS) is 11.5. The number of benzene rings is 1. The summed E-state index contributed by atoms with van der Waals surface area (Å²) in [6.07, 6.45) is -1.27. The lowest BCUT2D eigenvalue weighted by atomic mass is 10.0. The van der Waals surface area contributed by atoms with Crippen LogP contribution in [0.2, 0.25) is 0 Å². The van der Waals surface area contributed by atoms with Crippen LogP contribution in [-0.2, 0) is 6.18 Å². The Hall–Kier alpha value is -1.36. The van der Waals surface area contributed by atoms with E-state index >= 15 is 0 Å². The minimum atomic E-state index is -4.36. The number of aromatic nitrogens is 1. The van der Waals surface area contributed by atoms with Gasteiger partial charge in [-0.2, -0.15) is 13.2 Å². The van der Waals surface area contributed by atoms with Crippen LogP contribution < -0.4 is 0 Å². The molecule has 0 aliphatic heterocycles. The smallest absolute Gasteiger partial charge is 0.265 e. The van der Waals surface area contributed by atoms with Crippen LogP contribution in [0.5, 0.6) is 0 Å². The van der Waals surface area contributed by atoms with Gasteiger partial charge in [0.05, 0.1) is 5.56 Å². The first-order valence-corrected chi connectivity index (χ1v) is 5.55. The van der Waals surface area contributed by atoms with Gasteiger partial charge in [0, 0.05) is 16.9 Å². The molecule has 0 fully saturated rings. The van der Waals surface area contributed by atoms with E-state index in [1.54, 1.807) is 30.6 Å². The second-order valence-electron chi connectivity index (χ2n) is 3.43. The van der Waals surface area contributed by atoms with Gasteiger partial charge in [0.25, 0.3) is 0 Å². The van der Waals surface area contributed by atoms with E-state index in [2.05, 4.69) is 20.9 Å². The van der Waals surface area contributed by atoms with Crippen molar-refractivity contribution >= 4 is 15.9 Å². The summed E-state index contributed by atoms with van der Waals surface area (Å²) in [6, 6.07) is 7.50. The Balaban J connectivity index is 2.53. The van der Waals surface area contributed by atoms with Crippen molar-refractivity contribution in [3.05, 3.63) is 52.8 Å². The monoisotopic (exact) mass is 301 g/mol. The molecule has 0 aliphatic carbocycles. The zero-order valence-electron chi connectivity index (χ0n) is 8.50. The molecular formula is C12H7BrF3N. The number of pyridine rings is 1. The third-order valence-corrected chi connectivity index (χ3v) is 2.98. The molecule has 17 heavy (non-hydrogen) atoms. The number of nitrogens with zero attached hydrogens (tertiary/aromatic N) is 1. The van der Waals surface area contributed by atoms with Crippen molar-refractivity contribution in [1.29, 1.82) is 0 Å². The molecule has 1 nitrogen and oxygen atoms in total. The second-order valence-corrected chi connectivity index (χ2v) is 4.28. The van der Waals surface area contributed by atoms with Gasteiger partial charge >= 0.3 is 6.18 Å². The van der Waals surface area contributed by atoms with Crippen LogP contribution in [0.3, 0.4) is 0 Å². The van der Waals surface area contributed by atoms with E-state index in [1.165, 1.54) is 6.07 Å². The fourth-order valence-corrected chi connectivity index (χ4v) is 1.94. The molecule has 1 aromatic carbocycles. The molecule has 1 aromatic heterocycles. The molecule has 1 heterocycles. The maximum Gasteiger partial charge on any atom is 0.417 e. The zero-order valence-corrected chi connectivity index (χ0v) is 10.1. The standard InChI is InChI=1S/C12H7BrF3N/c13-11-2-1-9(7-10(11)12(14,15)16)8-3-5-17-6-4-8/h1-7H. The predicted molar refractivity (Wildman–Crippen MR) is 62.4 cm³/mol. The molecule has 0 N–H and O–H groups in total. The van der Waals surface area contributed by atoms with E-state index in [-0.39, 0.29) is 4.47 Å². The minimum Gasteiger partial charge on any atom is -0.265 e. The Bertz CT molecular complexity index is 523. The van der Waals surface area contributed by atoms with Crippen LogP contribution in [0.1, 0.15) is 5.56 Å². The number of halogens is 4. The molecule has 0 aliphatic rings. The van der Waals surface area contributed by atoms with Gasteiger partial charge in [-0.1, -0.05) is 22.0 Å². The number of alkyl halides is 3. The third-order valence-electron chi connectivity index (χ3n) is 2.29. The Kier molecular flexibility index (Phi) is 3.19. The van der Waals surface area contributed by atoms with Crippen molar-refractivity contribution in [2.75, 3.05) is 0 Å². The summed E-state index contributed by atoms with van der Waals surface area (Å²) in [7, 11) is 0. The van der Waals surface area contributed by atoms with Gasteiger partial charge in [-0.15, -0.1) is 0 Å². The van der Waals surface area contributed by atoms with Crippen LogP contribution in [0.4, 0.5) is 13.2 Å². The van der Waals surface area contributed by atoms with Crippen LogP contribution in [-0.4, -0.2) is 4.98 Å². The van der Waals surface area contributed by atoms with Gasteiger partial charge in [0.15, 0.2) is 0 Å². The van der Waals surface area contributed by atoms with Crippen LogP contribution in [0.25, 0.3) is 11.1 Å². The first kappa shape index (κ1) is 12.1. The summed E-state index contributed by atoms with van der Waals surface area (Å²) in [6.45, 7) is 0. The molecule has 2 aromatic rings. The van der Waals surface area contributed by atoms with Crippen molar-refractivity contribution in [3.8, 4) is 11.1 Å². The van der Waals surface area contributed by atoms with Gasteiger partial charge in [0.2, 0.25) is 0 Å². The molecule has 0 saturated carbocycles. The van der Waals surface area contributed by atoms with Crippen molar-refractivity contribution in [1.82, 2.24) is 4.98 Å². The minimum absolute atomic E-state index is 0.0443. The molecule has 88 valence electrons. The molecule has 0 unspecified atom stereocenters. The molecule has 5 heteroatoms. The highest BCUT2D eigenvalue weighted by molar-refractivity contribution is 9.10. The van der Waals surface area contributed by atoms with Crippen molar-refractivity contribution in [2.24, 2.45) is 0 Å². The quantitative estimate of drug-likeness (QED) is 0.754. The highest BCUT2D eigenvalue weighted by Gasteiger charge is 2.33. The van der Waals surface area contributed by atoms with E-state index in [9.17, 15) is 13.2 Å².